The lowest BCUT2D eigenvalue weighted by atomic mass is 9.43. The Morgan fingerprint density at radius 3 is 1.35 bits per heavy atom. The number of fused-ring (bicyclic) bond motifs is 3. The molecule has 9 saturated carbocycles. The second kappa shape index (κ2) is 34.0. The molecule has 640 valence electrons. The summed E-state index contributed by atoms with van der Waals surface area (Å²) in [5, 5.41) is 13.2. The van der Waals surface area contributed by atoms with Crippen molar-refractivity contribution in [2.45, 2.75) is 129 Å². The molecule has 0 unspecified atom stereocenters. The number of methoxy groups -OCH3 is 2. The Kier molecular flexibility index (Phi) is 23.4. The molecule has 0 saturated heterocycles. The largest absolute Gasteiger partial charge is 0.496 e. The van der Waals surface area contributed by atoms with E-state index in [1.165, 1.54) is 46.6 Å². The van der Waals surface area contributed by atoms with E-state index < -0.39 is 34.8 Å². The zero-order chi connectivity index (χ0) is 87.5. The highest BCUT2D eigenvalue weighted by Crippen LogP contribution is 2.67. The van der Waals surface area contributed by atoms with Gasteiger partial charge >= 0.3 is 12.3 Å². The van der Waals surface area contributed by atoms with Crippen molar-refractivity contribution in [2.75, 3.05) is 54.3 Å². The number of aryl methyl sites for hydroxylation is 3. The van der Waals surface area contributed by atoms with E-state index in [1.54, 1.807) is 31.3 Å². The van der Waals surface area contributed by atoms with E-state index in [0.717, 1.165) is 129 Å². The third-order valence-corrected chi connectivity index (χ3v) is 26.4. The number of rotatable bonds is 28. The summed E-state index contributed by atoms with van der Waals surface area (Å²) in [6.45, 7) is 6.83. The monoisotopic (exact) mass is 1700 g/mol. The molecule has 9 fully saturated rings. The lowest BCUT2D eigenvalue weighted by Gasteiger charge is -2.62. The van der Waals surface area contributed by atoms with Crippen LogP contribution in [-0.4, -0.2) is 116 Å². The van der Waals surface area contributed by atoms with Crippen LogP contribution in [0, 0.1) is 49.4 Å². The van der Waals surface area contributed by atoms with E-state index in [9.17, 15) is 55.2 Å². The lowest BCUT2D eigenvalue weighted by Crippen LogP contribution is -2.68. The second-order valence-corrected chi connectivity index (χ2v) is 36.6. The molecule has 9 aliphatic rings. The summed E-state index contributed by atoms with van der Waals surface area (Å²) in [6, 6.07) is 54.0. The minimum atomic E-state index is -4.58. The molecule has 0 radical (unpaired) electrons. The highest BCUT2D eigenvalue weighted by Gasteiger charge is 2.59. The molecule has 3 heterocycles. The normalized spacial score (nSPS) is 19.1. The average Bonchev–Trinajstić information content (AvgIpc) is 0.969. The molecule has 21 rings (SSSR count). The number of carbonyl (C=O) groups excluding carboxylic acids is 7. The zero-order valence-corrected chi connectivity index (χ0v) is 71.5. The fourth-order valence-corrected chi connectivity index (χ4v) is 19.4. The van der Waals surface area contributed by atoms with E-state index in [1.807, 2.05) is 173 Å². The molecule has 0 aliphatic heterocycles. The number of sulfonamides is 1. The van der Waals surface area contributed by atoms with Crippen LogP contribution >= 0.6 is 0 Å². The molecule has 20 nitrogen and oxygen atoms in total. The Hall–Kier alpha value is -12.4. The minimum Gasteiger partial charge on any atom is -0.496 e. The first-order valence-electron chi connectivity index (χ1n) is 42.0. The Morgan fingerprint density at radius 1 is 0.476 bits per heavy atom. The summed E-state index contributed by atoms with van der Waals surface area (Å²) in [4.78, 5) is 91.2. The van der Waals surface area contributed by atoms with Crippen molar-refractivity contribution in [2.24, 2.45) is 28.6 Å². The van der Waals surface area contributed by atoms with Gasteiger partial charge in [-0.2, -0.15) is 13.2 Å². The summed E-state index contributed by atoms with van der Waals surface area (Å²) >= 11 is 0. The van der Waals surface area contributed by atoms with Crippen LogP contribution in [0.5, 0.6) is 11.5 Å². The van der Waals surface area contributed by atoms with Crippen LogP contribution in [0.1, 0.15) is 174 Å². The number of Topliss-reactive ketones (excluding diaryl/α,β-unsaturated/α-hetero) is 3. The summed E-state index contributed by atoms with van der Waals surface area (Å²) in [5.41, 5.74) is 15.9. The summed E-state index contributed by atoms with van der Waals surface area (Å²) in [7, 11) is 2.52. The van der Waals surface area contributed by atoms with Gasteiger partial charge in [-0.1, -0.05) is 133 Å². The molecule has 12 aromatic rings. The Labute approximate surface area is 716 Å². The van der Waals surface area contributed by atoms with Crippen molar-refractivity contribution in [3.8, 4) is 78.9 Å². The Balaban J connectivity index is 0.000000137. The zero-order valence-electron chi connectivity index (χ0n) is 70.7. The van der Waals surface area contributed by atoms with Crippen LogP contribution in [0.25, 0.3) is 100 Å². The molecular weight excluding hydrogens is 1600 g/mol. The van der Waals surface area contributed by atoms with Crippen LogP contribution < -0.4 is 35.5 Å². The number of ether oxygens (including phenoxy) is 3. The fourth-order valence-electron chi connectivity index (χ4n) is 18.9. The van der Waals surface area contributed by atoms with Crippen molar-refractivity contribution in [3.05, 3.63) is 237 Å². The predicted octanol–water partition coefficient (Wildman–Crippen LogP) is 20.5. The van der Waals surface area contributed by atoms with Gasteiger partial charge in [0.25, 0.3) is 17.7 Å². The standard InChI is InChI=1S/C34H34N2O5.C33H30F3NO5.C33H34N2O5S/c1-4-28(37)30-27-16-26(23-6-5-7-25(14-23)32(38)36-34-17-21(18-34)19-34)24(12-13-35-33(39)40-3)15-29(27)41-31(30)22-10-8-20(2)9-11-22;1-18-4-6-20(7-5-18)30-29(31(39)37-2)24-11-22(27(12-28(24)42-30)41-17-33(34,35)36)21-8-9-26(40-3)23(10-21)25(38)16-32-13-19(14-32)15-32;1-20-7-9-22(10-8-20)31-30(32(37)34-2)27-15-26(24(14-29(27)40-31)11-12-35-41(3,38)39)23-5-4-6-25(13-23)28(36)19-33-16-21(17-33)18-33/h5-11,14-16,21H,4,12-13,17-19H2,1-3H3,(H,35,39)(H,36,38);4-12,19H,13-17H2,1-3H3,(H,37,39);4-10,13-15,21,35H,11-12,16-19H2,1-3H3,(H,34,37). The van der Waals surface area contributed by atoms with Gasteiger partial charge in [-0.15, -0.1) is 0 Å². The number of alkyl carbamates (subject to hydrolysis) is 1. The molecule has 0 spiro atoms. The van der Waals surface area contributed by atoms with Crippen LogP contribution in [0.4, 0.5) is 18.0 Å². The molecule has 9 aliphatic carbocycles. The second-order valence-electron chi connectivity index (χ2n) is 34.7. The number of halogens is 3. The van der Waals surface area contributed by atoms with Gasteiger partial charge in [0, 0.05) is 108 Å². The van der Waals surface area contributed by atoms with Crippen LogP contribution in [0.15, 0.2) is 189 Å². The highest BCUT2D eigenvalue weighted by atomic mass is 32.2. The number of amides is 4. The molecule has 5 N–H and O–H groups in total. The lowest BCUT2D eigenvalue weighted by molar-refractivity contribution is -0.153. The van der Waals surface area contributed by atoms with E-state index in [2.05, 4.69) is 26.0 Å². The van der Waals surface area contributed by atoms with Gasteiger partial charge in [-0.3, -0.25) is 28.8 Å². The number of carbonyl (C=O) groups is 7. The van der Waals surface area contributed by atoms with Crippen molar-refractivity contribution in [3.63, 3.8) is 0 Å². The maximum Gasteiger partial charge on any atom is 0.422 e. The number of hydrogen-bond donors (Lipinski definition) is 5. The Morgan fingerprint density at radius 2 is 0.911 bits per heavy atom. The van der Waals surface area contributed by atoms with Gasteiger partial charge in [0.05, 0.1) is 42.7 Å². The van der Waals surface area contributed by atoms with Crippen LogP contribution in [0.3, 0.4) is 0 Å². The number of hydrogen-bond acceptors (Lipinski definition) is 15. The number of ketones is 3. The van der Waals surface area contributed by atoms with Crippen LogP contribution in [-0.2, 0) is 27.6 Å². The molecule has 4 amide bonds. The topological polar surface area (TPSA) is 281 Å². The van der Waals surface area contributed by atoms with Crippen molar-refractivity contribution in [1.82, 2.24) is 26.0 Å². The first-order valence-corrected chi connectivity index (χ1v) is 43.9. The summed E-state index contributed by atoms with van der Waals surface area (Å²) in [6.07, 6.45) is 8.15. The first-order chi connectivity index (χ1) is 59.3. The highest BCUT2D eigenvalue weighted by molar-refractivity contribution is 7.88. The predicted molar refractivity (Wildman–Crippen MR) is 471 cm³/mol. The van der Waals surface area contributed by atoms with Crippen molar-refractivity contribution < 1.29 is 82.6 Å². The number of alkyl halides is 3. The van der Waals surface area contributed by atoms with Crippen molar-refractivity contribution in [1.29, 1.82) is 0 Å². The maximum atomic E-state index is 13.4. The molecule has 24 heteroatoms. The molecule has 3 aromatic heterocycles. The summed E-state index contributed by atoms with van der Waals surface area (Å²) in [5.74, 6) is 3.27. The fraction of sp³-hybridized carbons (Fsp3) is 0.330. The number of nitrogens with one attached hydrogen (secondary N) is 5. The molecule has 6 bridgehead atoms. The van der Waals surface area contributed by atoms with E-state index in [0.29, 0.717) is 117 Å². The van der Waals surface area contributed by atoms with Gasteiger partial charge in [-0.25, -0.2) is 17.9 Å². The van der Waals surface area contributed by atoms with Gasteiger partial charge < -0.3 is 48.7 Å². The Bertz CT molecular complexity index is 6330. The third-order valence-electron chi connectivity index (χ3n) is 25.6. The van der Waals surface area contributed by atoms with E-state index >= 15 is 0 Å². The molecular formula is C100H98F3N5O15S. The quantitative estimate of drug-likeness (QED) is 0.0285. The molecule has 124 heavy (non-hydrogen) atoms. The minimum absolute atomic E-state index is 0.00271. The number of benzene rings is 9. The smallest absolute Gasteiger partial charge is 0.422 e. The van der Waals surface area contributed by atoms with Crippen LogP contribution in [0.2, 0.25) is 0 Å². The van der Waals surface area contributed by atoms with Gasteiger partial charge in [0.2, 0.25) is 10.0 Å². The first kappa shape index (κ1) is 85.2. The van der Waals surface area contributed by atoms with E-state index in [-0.39, 0.29) is 80.3 Å². The molecule has 0 atom stereocenters. The summed E-state index contributed by atoms with van der Waals surface area (Å²) < 4.78 is 100. The SMILES string of the molecule is CCC(=O)c1c(-c2ccc(C)cc2)oc2cc(CCNC(=O)OC)c(-c3cccc(C(=O)NC45CC(C4)C5)c3)cc12.CNC(=O)c1c(-c2ccc(C)cc2)oc2cc(CCNS(C)(=O)=O)c(-c3cccc(C(=O)CC45CC(C4)C5)c3)cc12.CNC(=O)c1c(-c2ccc(C)cc2)oc2cc(OCC(F)(F)F)c(-c3ccc(OC)c(C(=O)CC45CC(C4)C5)c3)cc12. The van der Waals surface area contributed by atoms with Gasteiger partial charge in [-0.05, 0) is 220 Å². The van der Waals surface area contributed by atoms with Crippen molar-refractivity contribution >= 4 is 84.1 Å². The van der Waals surface area contributed by atoms with Gasteiger partial charge in [0.1, 0.15) is 45.5 Å². The molecule has 9 aromatic carbocycles. The van der Waals surface area contributed by atoms with Gasteiger partial charge in [0.15, 0.2) is 24.0 Å². The average molecular weight is 1700 g/mol. The van der Waals surface area contributed by atoms with E-state index in [4.69, 9.17) is 27.5 Å². The maximum absolute atomic E-state index is 13.4. The number of furan rings is 3. The third kappa shape index (κ3) is 17.5.